The first kappa shape index (κ1) is 23.4. The van der Waals surface area contributed by atoms with E-state index in [1.54, 1.807) is 0 Å². The molecule has 0 spiro atoms. The minimum absolute atomic E-state index is 0.00346. The molecule has 10 nitrogen and oxygen atoms in total. The lowest BCUT2D eigenvalue weighted by molar-refractivity contribution is -0.142. The van der Waals surface area contributed by atoms with Crippen molar-refractivity contribution in [3.63, 3.8) is 0 Å². The van der Waals surface area contributed by atoms with Crippen LogP contribution < -0.4 is 5.32 Å². The summed E-state index contributed by atoms with van der Waals surface area (Å²) in [4.78, 5) is 33.6. The number of thioether (sulfide) groups is 1. The summed E-state index contributed by atoms with van der Waals surface area (Å²) in [6.45, 7) is 0.912. The van der Waals surface area contributed by atoms with E-state index in [0.717, 1.165) is 0 Å². The highest BCUT2D eigenvalue weighted by molar-refractivity contribution is 8.01. The second-order valence-corrected chi connectivity index (χ2v) is 9.45. The molecule has 0 aromatic heterocycles. The van der Waals surface area contributed by atoms with E-state index in [4.69, 9.17) is 26.6 Å². The highest BCUT2D eigenvalue weighted by Gasteiger charge is 2.29. The van der Waals surface area contributed by atoms with Crippen LogP contribution >= 0.6 is 23.4 Å². The fourth-order valence-corrected chi connectivity index (χ4v) is 5.19. The van der Waals surface area contributed by atoms with Crippen LogP contribution in [0, 0.1) is 0 Å². The maximum Gasteiger partial charge on any atom is 0.317 e. The molecule has 0 radical (unpaired) electrons. The number of anilines is 1. The quantitative estimate of drug-likeness (QED) is 0.483. The van der Waals surface area contributed by atoms with E-state index in [-0.39, 0.29) is 47.7 Å². The monoisotopic (exact) mass is 466 g/mol. The summed E-state index contributed by atoms with van der Waals surface area (Å²) in [5.74, 6) is -3.56. The normalized spacial score (nSPS) is 16.2. The van der Waals surface area contributed by atoms with Gasteiger partial charge < -0.3 is 20.3 Å². The van der Waals surface area contributed by atoms with E-state index in [0.29, 0.717) is 11.8 Å². The van der Waals surface area contributed by atoms with Crippen LogP contribution in [0.1, 0.15) is 6.42 Å². The number of amides is 1. The topological polar surface area (TPSA) is 150 Å². The van der Waals surface area contributed by atoms with Crippen molar-refractivity contribution in [1.29, 1.82) is 0 Å². The van der Waals surface area contributed by atoms with Crippen LogP contribution in [0.25, 0.3) is 0 Å². The summed E-state index contributed by atoms with van der Waals surface area (Å²) in [6.07, 6.45) is -0.629. The van der Waals surface area contributed by atoms with E-state index in [1.165, 1.54) is 22.5 Å². The summed E-state index contributed by atoms with van der Waals surface area (Å²) < 4.78 is 32.0. The molecule has 1 aliphatic rings. The van der Waals surface area contributed by atoms with Gasteiger partial charge in [-0.25, -0.2) is 8.42 Å². The van der Waals surface area contributed by atoms with Crippen LogP contribution in [0.3, 0.4) is 0 Å². The van der Waals surface area contributed by atoms with Gasteiger partial charge in [-0.2, -0.15) is 4.31 Å². The van der Waals surface area contributed by atoms with E-state index in [9.17, 15) is 22.8 Å². The molecule has 0 unspecified atom stereocenters. The third-order valence-corrected chi connectivity index (χ3v) is 7.43. The van der Waals surface area contributed by atoms with Crippen LogP contribution in [0.15, 0.2) is 23.1 Å². The van der Waals surface area contributed by atoms with Crippen molar-refractivity contribution in [3.8, 4) is 0 Å². The summed E-state index contributed by atoms with van der Waals surface area (Å²) in [5, 5.41) is 18.9. The number of ether oxygens (including phenoxy) is 1. The first-order valence-corrected chi connectivity index (χ1v) is 11.2. The van der Waals surface area contributed by atoms with Crippen molar-refractivity contribution < 1.29 is 37.8 Å². The number of hydrogen-bond acceptors (Lipinski definition) is 7. The number of sulfonamides is 1. The van der Waals surface area contributed by atoms with Crippen molar-refractivity contribution in [2.24, 2.45) is 0 Å². The van der Waals surface area contributed by atoms with Crippen molar-refractivity contribution >= 4 is 56.9 Å². The van der Waals surface area contributed by atoms with Crippen molar-refractivity contribution in [2.45, 2.75) is 16.6 Å². The van der Waals surface area contributed by atoms with Crippen LogP contribution in [0.4, 0.5) is 5.69 Å². The Bertz CT molecular complexity index is 887. The van der Waals surface area contributed by atoms with E-state index in [1.807, 2.05) is 0 Å². The highest BCUT2D eigenvalue weighted by atomic mass is 35.5. The fraction of sp³-hybridized carbons (Fsp3) is 0.438. The minimum atomic E-state index is -3.88. The third kappa shape index (κ3) is 6.57. The Morgan fingerprint density at radius 3 is 2.48 bits per heavy atom. The van der Waals surface area contributed by atoms with Gasteiger partial charge in [0.25, 0.3) is 0 Å². The van der Waals surface area contributed by atoms with E-state index >= 15 is 0 Å². The molecule has 1 saturated heterocycles. The second kappa shape index (κ2) is 10.3. The lowest BCUT2D eigenvalue weighted by atomic mass is 10.3. The van der Waals surface area contributed by atoms with Gasteiger partial charge in [0.15, 0.2) is 0 Å². The SMILES string of the molecule is O=C(O)C[C@@H](SCC(=O)Nc1ccc(Cl)c(S(=O)(=O)N2CCOCC2)c1)C(=O)O. The zero-order valence-electron chi connectivity index (χ0n) is 15.0. The van der Waals surface area contributed by atoms with Gasteiger partial charge in [-0.1, -0.05) is 11.6 Å². The number of morpholine rings is 1. The highest BCUT2D eigenvalue weighted by Crippen LogP contribution is 2.28. The van der Waals surface area contributed by atoms with Crippen LogP contribution in [-0.2, 0) is 29.1 Å². The molecule has 1 aromatic carbocycles. The van der Waals surface area contributed by atoms with Crippen molar-refractivity contribution in [2.75, 3.05) is 37.4 Å². The molecule has 3 N–H and O–H groups in total. The summed E-state index contributed by atoms with van der Waals surface area (Å²) >= 11 is 6.71. The molecule has 0 aliphatic carbocycles. The largest absolute Gasteiger partial charge is 0.481 e. The molecule has 160 valence electrons. The van der Waals surface area contributed by atoms with E-state index < -0.39 is 39.5 Å². The maximum atomic E-state index is 12.8. The molecule has 1 aromatic rings. The van der Waals surface area contributed by atoms with Gasteiger partial charge in [0.05, 0.1) is 30.4 Å². The Labute approximate surface area is 176 Å². The first-order valence-electron chi connectivity index (χ1n) is 8.34. The Morgan fingerprint density at radius 1 is 1.24 bits per heavy atom. The first-order chi connectivity index (χ1) is 13.6. The maximum absolute atomic E-state index is 12.8. The number of carboxylic acid groups (broad SMARTS) is 2. The summed E-state index contributed by atoms with van der Waals surface area (Å²) in [7, 11) is -3.88. The molecule has 1 heterocycles. The van der Waals surface area contributed by atoms with Gasteiger partial charge >= 0.3 is 11.9 Å². The smallest absolute Gasteiger partial charge is 0.317 e. The zero-order valence-corrected chi connectivity index (χ0v) is 17.4. The number of benzene rings is 1. The van der Waals surface area contributed by atoms with Crippen LogP contribution in [0.5, 0.6) is 0 Å². The number of carbonyl (C=O) groups is 3. The predicted octanol–water partition coefficient (Wildman–Crippen LogP) is 0.961. The number of aliphatic carboxylic acids is 2. The number of carboxylic acids is 2. The summed E-state index contributed by atoms with van der Waals surface area (Å²) in [5.41, 5.74) is 0.164. The summed E-state index contributed by atoms with van der Waals surface area (Å²) in [6, 6.07) is 3.97. The zero-order chi connectivity index (χ0) is 21.6. The standard InChI is InChI=1S/C16H19ClN2O8S2/c17-11-2-1-10(7-13(11)29(25,26)19-3-5-27-6-4-19)18-14(20)9-28-12(16(23)24)8-15(21)22/h1-2,7,12H,3-6,8-9H2,(H,18,20)(H,21,22)(H,23,24)/t12-/m1/s1. The van der Waals surface area contributed by atoms with Crippen molar-refractivity contribution in [3.05, 3.63) is 23.2 Å². The molecule has 1 atom stereocenters. The van der Waals surface area contributed by atoms with Gasteiger partial charge in [0.2, 0.25) is 15.9 Å². The van der Waals surface area contributed by atoms with Crippen molar-refractivity contribution in [1.82, 2.24) is 4.31 Å². The second-order valence-electron chi connectivity index (χ2n) is 5.95. The molecule has 1 aliphatic heterocycles. The molecule has 29 heavy (non-hydrogen) atoms. The lowest BCUT2D eigenvalue weighted by Gasteiger charge is -2.26. The number of nitrogens with zero attached hydrogens (tertiary/aromatic N) is 1. The Hall–Kier alpha value is -1.86. The van der Waals surface area contributed by atoms with Crippen LogP contribution in [0.2, 0.25) is 5.02 Å². The molecule has 13 heteroatoms. The Kier molecular flexibility index (Phi) is 8.28. The predicted molar refractivity (Wildman–Crippen MR) is 106 cm³/mol. The molecule has 0 bridgehead atoms. The lowest BCUT2D eigenvalue weighted by Crippen LogP contribution is -2.40. The molecular weight excluding hydrogens is 448 g/mol. The number of rotatable bonds is 9. The molecule has 1 fully saturated rings. The number of halogens is 1. The molecule has 1 amide bonds. The Morgan fingerprint density at radius 2 is 1.90 bits per heavy atom. The number of carbonyl (C=O) groups excluding carboxylic acids is 1. The number of hydrogen-bond donors (Lipinski definition) is 3. The third-order valence-electron chi connectivity index (χ3n) is 3.85. The molecular formula is C16H19ClN2O8S2. The van der Waals surface area contributed by atoms with Gasteiger partial charge in [0, 0.05) is 18.8 Å². The van der Waals surface area contributed by atoms with E-state index in [2.05, 4.69) is 5.32 Å². The Balaban J connectivity index is 2.08. The fourth-order valence-electron chi connectivity index (χ4n) is 2.45. The average Bonchev–Trinajstić information content (AvgIpc) is 2.66. The number of nitrogens with one attached hydrogen (secondary N) is 1. The molecule has 2 rings (SSSR count). The molecule has 0 saturated carbocycles. The van der Waals surface area contributed by atoms with Gasteiger partial charge in [0.1, 0.15) is 10.1 Å². The van der Waals surface area contributed by atoms with Gasteiger partial charge in [-0.15, -0.1) is 11.8 Å². The average molecular weight is 467 g/mol. The van der Waals surface area contributed by atoms with Crippen LogP contribution in [-0.4, -0.2) is 78.1 Å². The van der Waals surface area contributed by atoms with Gasteiger partial charge in [-0.05, 0) is 18.2 Å². The van der Waals surface area contributed by atoms with Gasteiger partial charge in [-0.3, -0.25) is 14.4 Å². The minimum Gasteiger partial charge on any atom is -0.481 e.